The molecule has 1 atom stereocenters. The molecule has 2 aromatic heterocycles. The van der Waals surface area contributed by atoms with Crippen LogP contribution in [0, 0.1) is 5.92 Å². The van der Waals surface area contributed by atoms with Gasteiger partial charge in [-0.15, -0.1) is 0 Å². The van der Waals surface area contributed by atoms with Gasteiger partial charge in [-0.05, 0) is 5.92 Å². The first-order valence-electron chi connectivity index (χ1n) is 5.16. The van der Waals surface area contributed by atoms with Crippen LogP contribution in [0.1, 0.15) is 25.7 Å². The predicted molar refractivity (Wildman–Crippen MR) is 58.3 cm³/mol. The quantitative estimate of drug-likeness (QED) is 0.839. The molecule has 0 aliphatic carbocycles. The fourth-order valence-electron chi connectivity index (χ4n) is 1.32. The molecule has 2 heterocycles. The summed E-state index contributed by atoms with van der Waals surface area (Å²) in [7, 11) is 1.83. The van der Waals surface area contributed by atoms with Crippen molar-refractivity contribution in [3.63, 3.8) is 0 Å². The average Bonchev–Trinajstić information content (AvgIpc) is 2.84. The monoisotopic (exact) mass is 221 g/mol. The molecular weight excluding hydrogens is 206 g/mol. The van der Waals surface area contributed by atoms with Crippen LogP contribution in [0.2, 0.25) is 0 Å². The summed E-state index contributed by atoms with van der Waals surface area (Å²) < 4.78 is 6.82. The molecule has 0 aliphatic rings. The van der Waals surface area contributed by atoms with Crippen molar-refractivity contribution in [2.24, 2.45) is 18.7 Å². The molecule has 6 heteroatoms. The first-order valence-corrected chi connectivity index (χ1v) is 5.16. The van der Waals surface area contributed by atoms with Crippen molar-refractivity contribution >= 4 is 0 Å². The molecule has 0 aromatic carbocycles. The van der Waals surface area contributed by atoms with E-state index in [0.717, 1.165) is 5.56 Å². The summed E-state index contributed by atoms with van der Waals surface area (Å²) in [6.45, 7) is 4.04. The van der Waals surface area contributed by atoms with Gasteiger partial charge in [0.1, 0.15) is 0 Å². The maximum atomic E-state index is 5.93. The molecule has 2 aromatic rings. The van der Waals surface area contributed by atoms with Crippen molar-refractivity contribution in [3.05, 3.63) is 18.2 Å². The van der Waals surface area contributed by atoms with Crippen LogP contribution in [0.4, 0.5) is 0 Å². The van der Waals surface area contributed by atoms with E-state index in [2.05, 4.69) is 15.2 Å². The van der Waals surface area contributed by atoms with Crippen molar-refractivity contribution < 1.29 is 4.52 Å². The van der Waals surface area contributed by atoms with E-state index in [9.17, 15) is 0 Å². The van der Waals surface area contributed by atoms with Gasteiger partial charge >= 0.3 is 0 Å². The topological polar surface area (TPSA) is 82.8 Å². The third-order valence-electron chi connectivity index (χ3n) is 2.41. The molecule has 0 bridgehead atoms. The maximum absolute atomic E-state index is 5.93. The van der Waals surface area contributed by atoms with Gasteiger partial charge in [-0.2, -0.15) is 10.1 Å². The zero-order valence-corrected chi connectivity index (χ0v) is 9.58. The van der Waals surface area contributed by atoms with Crippen molar-refractivity contribution in [1.29, 1.82) is 0 Å². The van der Waals surface area contributed by atoms with E-state index < -0.39 is 0 Å². The number of rotatable bonds is 3. The number of hydrogen-bond donors (Lipinski definition) is 1. The van der Waals surface area contributed by atoms with Crippen LogP contribution in [-0.2, 0) is 7.05 Å². The number of aromatic nitrogens is 4. The van der Waals surface area contributed by atoms with E-state index in [4.69, 9.17) is 10.3 Å². The summed E-state index contributed by atoms with van der Waals surface area (Å²) in [5.74, 6) is 1.27. The predicted octanol–water partition coefficient (Wildman–Crippen LogP) is 1.13. The van der Waals surface area contributed by atoms with Crippen LogP contribution in [0.15, 0.2) is 16.9 Å². The summed E-state index contributed by atoms with van der Waals surface area (Å²) in [4.78, 5) is 4.26. The highest BCUT2D eigenvalue weighted by Gasteiger charge is 2.18. The largest absolute Gasteiger partial charge is 0.334 e. The Balaban J connectivity index is 2.26. The minimum atomic E-state index is -0.200. The Morgan fingerprint density at radius 2 is 2.19 bits per heavy atom. The molecule has 16 heavy (non-hydrogen) atoms. The average molecular weight is 221 g/mol. The van der Waals surface area contributed by atoms with E-state index in [1.54, 1.807) is 10.9 Å². The number of nitrogens with zero attached hydrogens (tertiary/aromatic N) is 4. The summed E-state index contributed by atoms with van der Waals surface area (Å²) in [6.07, 6.45) is 3.50. The minimum absolute atomic E-state index is 0.200. The molecule has 2 N–H and O–H groups in total. The van der Waals surface area contributed by atoms with Crippen LogP contribution >= 0.6 is 0 Å². The smallest absolute Gasteiger partial charge is 0.261 e. The lowest BCUT2D eigenvalue weighted by Gasteiger charge is -2.09. The maximum Gasteiger partial charge on any atom is 0.261 e. The minimum Gasteiger partial charge on any atom is -0.334 e. The second kappa shape index (κ2) is 4.05. The van der Waals surface area contributed by atoms with Gasteiger partial charge in [0.05, 0.1) is 17.8 Å². The van der Waals surface area contributed by atoms with E-state index in [0.29, 0.717) is 11.7 Å². The molecule has 0 aliphatic heterocycles. The van der Waals surface area contributed by atoms with Crippen LogP contribution in [0.25, 0.3) is 11.5 Å². The standard InChI is InChI=1S/C10H15N5O/c1-6(2)8(11)9-13-10(16-14-9)7-4-12-15(3)5-7/h4-6,8H,11H2,1-3H3. The molecule has 2 rings (SSSR count). The van der Waals surface area contributed by atoms with E-state index >= 15 is 0 Å². The first kappa shape index (κ1) is 10.8. The van der Waals surface area contributed by atoms with Gasteiger partial charge in [-0.3, -0.25) is 4.68 Å². The van der Waals surface area contributed by atoms with E-state index in [-0.39, 0.29) is 12.0 Å². The van der Waals surface area contributed by atoms with Crippen molar-refractivity contribution in [1.82, 2.24) is 19.9 Å². The zero-order valence-electron chi connectivity index (χ0n) is 9.58. The molecule has 1 unspecified atom stereocenters. The van der Waals surface area contributed by atoms with Gasteiger partial charge in [0, 0.05) is 13.2 Å². The summed E-state index contributed by atoms with van der Waals surface area (Å²) >= 11 is 0. The first-order chi connectivity index (χ1) is 7.58. The van der Waals surface area contributed by atoms with E-state index in [1.807, 2.05) is 27.1 Å². The Morgan fingerprint density at radius 3 is 2.75 bits per heavy atom. The second-order valence-corrected chi connectivity index (χ2v) is 4.13. The van der Waals surface area contributed by atoms with E-state index in [1.165, 1.54) is 0 Å². The highest BCUT2D eigenvalue weighted by Crippen LogP contribution is 2.20. The Bertz CT molecular complexity index is 473. The number of nitrogens with two attached hydrogens (primary N) is 1. The van der Waals surface area contributed by atoms with Gasteiger partial charge in [-0.25, -0.2) is 0 Å². The summed E-state index contributed by atoms with van der Waals surface area (Å²) in [5, 5.41) is 7.91. The van der Waals surface area contributed by atoms with Crippen molar-refractivity contribution in [2.75, 3.05) is 0 Å². The van der Waals surface area contributed by atoms with Crippen LogP contribution in [0.3, 0.4) is 0 Å². The fourth-order valence-corrected chi connectivity index (χ4v) is 1.32. The van der Waals surface area contributed by atoms with Gasteiger partial charge < -0.3 is 10.3 Å². The molecule has 0 fully saturated rings. The molecule has 0 amide bonds. The highest BCUT2D eigenvalue weighted by molar-refractivity contribution is 5.49. The molecule has 6 nitrogen and oxygen atoms in total. The molecule has 0 spiro atoms. The van der Waals surface area contributed by atoms with Crippen LogP contribution in [0.5, 0.6) is 0 Å². The second-order valence-electron chi connectivity index (χ2n) is 4.13. The van der Waals surface area contributed by atoms with Gasteiger partial charge in [0.15, 0.2) is 5.82 Å². The van der Waals surface area contributed by atoms with Gasteiger partial charge in [-0.1, -0.05) is 19.0 Å². The molecule has 0 radical (unpaired) electrons. The summed E-state index contributed by atoms with van der Waals surface area (Å²) in [6, 6.07) is -0.200. The zero-order chi connectivity index (χ0) is 11.7. The molecular formula is C10H15N5O. The summed E-state index contributed by atoms with van der Waals surface area (Å²) in [5.41, 5.74) is 6.73. The third-order valence-corrected chi connectivity index (χ3v) is 2.41. The third kappa shape index (κ3) is 1.96. The van der Waals surface area contributed by atoms with Crippen molar-refractivity contribution in [3.8, 4) is 11.5 Å². The molecule has 0 saturated carbocycles. The molecule has 86 valence electrons. The van der Waals surface area contributed by atoms with Crippen LogP contribution in [-0.4, -0.2) is 19.9 Å². The lowest BCUT2D eigenvalue weighted by atomic mass is 10.1. The normalized spacial score (nSPS) is 13.3. The SMILES string of the molecule is CC(C)C(N)c1noc(-c2cnn(C)c2)n1. The van der Waals surface area contributed by atoms with Gasteiger partial charge in [0.25, 0.3) is 5.89 Å². The Hall–Kier alpha value is -1.69. The molecule has 0 saturated heterocycles. The van der Waals surface area contributed by atoms with Crippen LogP contribution < -0.4 is 5.73 Å². The fraction of sp³-hybridized carbons (Fsp3) is 0.500. The Labute approximate surface area is 93.4 Å². The van der Waals surface area contributed by atoms with Gasteiger partial charge in [0.2, 0.25) is 0 Å². The lowest BCUT2D eigenvalue weighted by Crippen LogP contribution is -2.18. The van der Waals surface area contributed by atoms with Crippen molar-refractivity contribution in [2.45, 2.75) is 19.9 Å². The number of hydrogen-bond acceptors (Lipinski definition) is 5. The highest BCUT2D eigenvalue weighted by atomic mass is 16.5. The lowest BCUT2D eigenvalue weighted by molar-refractivity contribution is 0.400. The number of aryl methyl sites for hydroxylation is 1. The Morgan fingerprint density at radius 1 is 1.44 bits per heavy atom. The Kier molecular flexibility index (Phi) is 2.74.